The summed E-state index contributed by atoms with van der Waals surface area (Å²) in [6.45, 7) is 0.378. The summed E-state index contributed by atoms with van der Waals surface area (Å²) in [4.78, 5) is 39.3. The number of benzene rings is 1. The third-order valence-electron chi connectivity index (χ3n) is 5.91. The molecule has 25 heavy (non-hydrogen) atoms. The van der Waals surface area contributed by atoms with Gasteiger partial charge in [0, 0.05) is 6.54 Å². The van der Waals surface area contributed by atoms with Crippen LogP contribution in [0.5, 0.6) is 0 Å². The predicted octanol–water partition coefficient (Wildman–Crippen LogP) is 1.63. The van der Waals surface area contributed by atoms with Crippen LogP contribution < -0.4 is 16.6 Å². The molecular formula is C19H23N3O3. The van der Waals surface area contributed by atoms with E-state index in [-0.39, 0.29) is 12.5 Å². The van der Waals surface area contributed by atoms with E-state index in [1.54, 1.807) is 24.3 Å². The largest absolute Gasteiger partial charge is 0.355 e. The van der Waals surface area contributed by atoms with Crippen LogP contribution in [0, 0.1) is 17.8 Å². The van der Waals surface area contributed by atoms with Crippen molar-refractivity contribution in [3.8, 4) is 0 Å². The van der Waals surface area contributed by atoms with Gasteiger partial charge in [0.05, 0.1) is 10.9 Å². The van der Waals surface area contributed by atoms with E-state index < -0.39 is 11.2 Å². The van der Waals surface area contributed by atoms with Crippen molar-refractivity contribution < 1.29 is 4.79 Å². The second-order valence-corrected chi connectivity index (χ2v) is 7.44. The molecule has 2 fully saturated rings. The molecule has 0 unspecified atom stereocenters. The van der Waals surface area contributed by atoms with Gasteiger partial charge >= 0.3 is 5.69 Å². The average molecular weight is 341 g/mol. The molecule has 0 aliphatic heterocycles. The fraction of sp³-hybridized carbons (Fsp3) is 0.526. The zero-order valence-corrected chi connectivity index (χ0v) is 14.2. The first-order chi connectivity index (χ1) is 12.1. The highest BCUT2D eigenvalue weighted by Crippen LogP contribution is 2.49. The van der Waals surface area contributed by atoms with Crippen LogP contribution in [0.15, 0.2) is 33.9 Å². The first-order valence-electron chi connectivity index (χ1n) is 9.10. The van der Waals surface area contributed by atoms with Gasteiger partial charge in [-0.1, -0.05) is 18.6 Å². The number of nitrogens with zero attached hydrogens (tertiary/aromatic N) is 1. The van der Waals surface area contributed by atoms with Crippen LogP contribution in [0.2, 0.25) is 0 Å². The molecule has 6 nitrogen and oxygen atoms in total. The number of para-hydroxylation sites is 1. The van der Waals surface area contributed by atoms with Crippen LogP contribution in [0.25, 0.3) is 10.9 Å². The number of nitrogens with one attached hydrogen (secondary N) is 2. The molecule has 1 heterocycles. The second-order valence-electron chi connectivity index (χ2n) is 7.44. The van der Waals surface area contributed by atoms with Gasteiger partial charge in [0.1, 0.15) is 6.54 Å². The van der Waals surface area contributed by atoms with Crippen molar-refractivity contribution in [1.29, 1.82) is 0 Å². The number of carbonyl (C=O) groups is 1. The van der Waals surface area contributed by atoms with E-state index in [0.29, 0.717) is 17.4 Å². The molecule has 6 heteroatoms. The van der Waals surface area contributed by atoms with Gasteiger partial charge in [-0.2, -0.15) is 0 Å². The van der Waals surface area contributed by atoms with Crippen LogP contribution in [0.3, 0.4) is 0 Å². The van der Waals surface area contributed by atoms with Crippen molar-refractivity contribution in [1.82, 2.24) is 14.9 Å². The number of rotatable bonds is 5. The summed E-state index contributed by atoms with van der Waals surface area (Å²) in [6.07, 6.45) is 6.37. The lowest BCUT2D eigenvalue weighted by Gasteiger charge is -2.21. The van der Waals surface area contributed by atoms with Crippen LogP contribution in [0.1, 0.15) is 32.1 Å². The first kappa shape index (κ1) is 16.1. The number of amides is 1. The highest BCUT2D eigenvalue weighted by atomic mass is 16.2. The molecule has 1 aromatic carbocycles. The maximum Gasteiger partial charge on any atom is 0.329 e. The van der Waals surface area contributed by atoms with Crippen LogP contribution >= 0.6 is 0 Å². The van der Waals surface area contributed by atoms with E-state index in [1.807, 2.05) is 0 Å². The topological polar surface area (TPSA) is 84.0 Å². The predicted molar refractivity (Wildman–Crippen MR) is 95.4 cm³/mol. The second kappa shape index (κ2) is 6.50. The minimum atomic E-state index is -0.549. The molecule has 4 rings (SSSR count). The lowest BCUT2D eigenvalue weighted by atomic mass is 9.86. The van der Waals surface area contributed by atoms with Crippen molar-refractivity contribution in [3.05, 3.63) is 45.1 Å². The third kappa shape index (κ3) is 3.13. The summed E-state index contributed by atoms with van der Waals surface area (Å²) in [5.41, 5.74) is -0.486. The maximum atomic E-state index is 12.4. The highest BCUT2D eigenvalue weighted by Gasteiger charge is 2.38. The average Bonchev–Trinajstić information content (AvgIpc) is 3.22. The Morgan fingerprint density at radius 1 is 1.20 bits per heavy atom. The molecule has 132 valence electrons. The van der Waals surface area contributed by atoms with E-state index in [1.165, 1.54) is 25.7 Å². The standard InChI is InChI=1S/C19H23N3O3/c23-17(20-8-7-14-10-12-5-6-13(14)9-12)11-22-18(24)15-3-1-2-4-16(15)21-19(22)25/h1-4,12-14H,5-11H2,(H,20,23)(H,21,25)/t12-,13-,14+/m0/s1. The molecule has 2 N–H and O–H groups in total. The molecule has 3 atom stereocenters. The zero-order valence-electron chi connectivity index (χ0n) is 14.2. The Morgan fingerprint density at radius 2 is 2.04 bits per heavy atom. The summed E-state index contributed by atoms with van der Waals surface area (Å²) >= 11 is 0. The Hall–Kier alpha value is -2.37. The van der Waals surface area contributed by atoms with Gasteiger partial charge in [-0.05, 0) is 55.6 Å². The fourth-order valence-corrected chi connectivity index (χ4v) is 4.67. The minimum Gasteiger partial charge on any atom is -0.355 e. The minimum absolute atomic E-state index is 0.240. The molecule has 2 saturated carbocycles. The molecule has 0 spiro atoms. The number of H-pyrrole nitrogens is 1. The Balaban J connectivity index is 1.38. The number of aromatic amines is 1. The lowest BCUT2D eigenvalue weighted by molar-refractivity contribution is -0.121. The summed E-state index contributed by atoms with van der Waals surface area (Å²) in [5.74, 6) is 2.19. The third-order valence-corrected chi connectivity index (χ3v) is 5.91. The first-order valence-corrected chi connectivity index (χ1v) is 9.10. The van der Waals surface area contributed by atoms with Gasteiger partial charge in [-0.25, -0.2) is 4.79 Å². The number of hydrogen-bond acceptors (Lipinski definition) is 3. The maximum absolute atomic E-state index is 12.4. The fourth-order valence-electron chi connectivity index (χ4n) is 4.67. The highest BCUT2D eigenvalue weighted by molar-refractivity contribution is 5.78. The van der Waals surface area contributed by atoms with E-state index in [4.69, 9.17) is 0 Å². The van der Waals surface area contributed by atoms with Crippen LogP contribution in [-0.4, -0.2) is 22.0 Å². The smallest absolute Gasteiger partial charge is 0.329 e. The van der Waals surface area contributed by atoms with Crippen LogP contribution in [-0.2, 0) is 11.3 Å². The number of aromatic nitrogens is 2. The molecule has 2 aliphatic rings. The lowest BCUT2D eigenvalue weighted by Crippen LogP contribution is -2.41. The number of hydrogen-bond donors (Lipinski definition) is 2. The summed E-state index contributed by atoms with van der Waals surface area (Å²) in [7, 11) is 0. The van der Waals surface area contributed by atoms with Gasteiger partial charge in [-0.3, -0.25) is 14.2 Å². The Kier molecular flexibility index (Phi) is 4.19. The van der Waals surface area contributed by atoms with Crippen molar-refractivity contribution in [2.45, 2.75) is 38.6 Å². The Bertz CT molecular complexity index is 914. The van der Waals surface area contributed by atoms with Crippen LogP contribution in [0.4, 0.5) is 0 Å². The van der Waals surface area contributed by atoms with E-state index >= 15 is 0 Å². The quantitative estimate of drug-likeness (QED) is 0.867. The molecular weight excluding hydrogens is 318 g/mol. The van der Waals surface area contributed by atoms with Crippen molar-refractivity contribution in [2.75, 3.05) is 6.54 Å². The summed E-state index contributed by atoms with van der Waals surface area (Å²) in [5, 5.41) is 3.28. The molecule has 0 saturated heterocycles. The normalized spacial score (nSPS) is 24.7. The number of carbonyl (C=O) groups excluding carboxylic acids is 1. The van der Waals surface area contributed by atoms with E-state index in [9.17, 15) is 14.4 Å². The van der Waals surface area contributed by atoms with Crippen molar-refractivity contribution >= 4 is 16.8 Å². The van der Waals surface area contributed by atoms with E-state index in [0.717, 1.165) is 28.7 Å². The summed E-state index contributed by atoms with van der Waals surface area (Å²) < 4.78 is 0.967. The Morgan fingerprint density at radius 3 is 2.80 bits per heavy atom. The molecule has 2 aromatic rings. The van der Waals surface area contributed by atoms with Gasteiger partial charge < -0.3 is 10.3 Å². The summed E-state index contributed by atoms with van der Waals surface area (Å²) in [6, 6.07) is 6.82. The SMILES string of the molecule is O=C(Cn1c(=O)[nH]c2ccccc2c1=O)NCC[C@@H]1C[C@H]2CC[C@H]1C2. The zero-order chi connectivity index (χ0) is 17.4. The monoisotopic (exact) mass is 341 g/mol. The van der Waals surface area contributed by atoms with Gasteiger partial charge in [0.25, 0.3) is 5.56 Å². The van der Waals surface area contributed by atoms with Crippen molar-refractivity contribution in [2.24, 2.45) is 17.8 Å². The Labute approximate surface area is 145 Å². The molecule has 0 radical (unpaired) electrons. The molecule has 2 bridgehead atoms. The number of fused-ring (bicyclic) bond motifs is 3. The van der Waals surface area contributed by atoms with Gasteiger partial charge in [0.15, 0.2) is 0 Å². The van der Waals surface area contributed by atoms with E-state index in [2.05, 4.69) is 10.3 Å². The molecule has 2 aliphatic carbocycles. The van der Waals surface area contributed by atoms with Gasteiger partial charge in [-0.15, -0.1) is 0 Å². The van der Waals surface area contributed by atoms with Gasteiger partial charge in [0.2, 0.25) is 5.91 Å². The molecule has 1 aromatic heterocycles. The van der Waals surface area contributed by atoms with Crippen molar-refractivity contribution in [3.63, 3.8) is 0 Å². The molecule has 1 amide bonds.